The normalized spacial score (nSPS) is 19.9. The minimum Gasteiger partial charge on any atom is -0.321 e. The Morgan fingerprint density at radius 3 is 2.30 bits per heavy atom. The van der Waals surface area contributed by atoms with Crippen molar-refractivity contribution < 1.29 is 18.1 Å². The van der Waals surface area contributed by atoms with Gasteiger partial charge in [-0.2, -0.15) is 0 Å². The molecule has 1 N–H and O–H groups in total. The standard InChI is InChI=1S/C22H26F2N2O.C3H6/c1-17-8-6-9-18(2)21(17)25-20(27)15-26(13-7-12-22(23,24)16-26)14-19-10-4-3-5-11-19;1-3-2/h3-6,8-11H,7,12-16H2,1-2H3;3H,1H2,2H3/p+1. The first kappa shape index (κ1) is 23.7. The molecule has 1 aliphatic rings. The highest BCUT2D eigenvalue weighted by molar-refractivity contribution is 5.93. The van der Waals surface area contributed by atoms with Crippen molar-refractivity contribution in [1.82, 2.24) is 0 Å². The number of rotatable bonds is 5. The molecule has 5 heteroatoms. The van der Waals surface area contributed by atoms with Crippen LogP contribution in [0.4, 0.5) is 14.5 Å². The molecule has 1 amide bonds. The van der Waals surface area contributed by atoms with Gasteiger partial charge in [0.1, 0.15) is 13.1 Å². The van der Waals surface area contributed by atoms with Gasteiger partial charge in [-0.05, 0) is 31.9 Å². The molecule has 1 fully saturated rings. The van der Waals surface area contributed by atoms with E-state index in [0.29, 0.717) is 19.5 Å². The van der Waals surface area contributed by atoms with E-state index in [9.17, 15) is 13.6 Å². The summed E-state index contributed by atoms with van der Waals surface area (Å²) in [4.78, 5) is 12.8. The number of nitrogens with one attached hydrogen (secondary N) is 1. The quantitative estimate of drug-likeness (QED) is 0.479. The van der Waals surface area contributed by atoms with E-state index >= 15 is 0 Å². The lowest BCUT2D eigenvalue weighted by Crippen LogP contribution is -2.60. The molecule has 1 unspecified atom stereocenters. The van der Waals surface area contributed by atoms with Gasteiger partial charge < -0.3 is 9.80 Å². The molecule has 162 valence electrons. The van der Waals surface area contributed by atoms with E-state index in [-0.39, 0.29) is 29.9 Å². The van der Waals surface area contributed by atoms with Gasteiger partial charge in [0.25, 0.3) is 11.8 Å². The summed E-state index contributed by atoms with van der Waals surface area (Å²) in [5.41, 5.74) is 3.71. The molecule has 0 spiro atoms. The largest absolute Gasteiger partial charge is 0.321 e. The number of piperidine rings is 1. The zero-order valence-electron chi connectivity index (χ0n) is 18.3. The third kappa shape index (κ3) is 6.77. The van der Waals surface area contributed by atoms with Gasteiger partial charge >= 0.3 is 0 Å². The maximum atomic E-state index is 14.3. The van der Waals surface area contributed by atoms with E-state index in [1.54, 1.807) is 6.08 Å². The van der Waals surface area contributed by atoms with Crippen molar-refractivity contribution in [3.63, 3.8) is 0 Å². The predicted molar refractivity (Wildman–Crippen MR) is 120 cm³/mol. The molecule has 0 saturated carbocycles. The minimum absolute atomic E-state index is 0.0538. The SMILES string of the molecule is C=CC.Cc1cccc(C)c1NC(=O)C[N+]1(Cc2ccccc2)CCCC(F)(F)C1. The molecule has 0 aliphatic carbocycles. The van der Waals surface area contributed by atoms with Crippen molar-refractivity contribution in [2.75, 3.05) is 25.0 Å². The van der Waals surface area contributed by atoms with Crippen molar-refractivity contribution in [1.29, 1.82) is 0 Å². The first-order valence-corrected chi connectivity index (χ1v) is 10.4. The summed E-state index contributed by atoms with van der Waals surface area (Å²) in [6.45, 7) is 9.92. The number of quaternary nitrogens is 1. The Bertz CT molecular complexity index is 831. The summed E-state index contributed by atoms with van der Waals surface area (Å²) in [5, 5.41) is 2.96. The first-order valence-electron chi connectivity index (χ1n) is 10.4. The topological polar surface area (TPSA) is 29.1 Å². The number of carbonyl (C=O) groups is 1. The number of aryl methyl sites for hydroxylation is 2. The molecule has 3 nitrogen and oxygen atoms in total. The van der Waals surface area contributed by atoms with Crippen LogP contribution in [-0.2, 0) is 11.3 Å². The highest BCUT2D eigenvalue weighted by Gasteiger charge is 2.46. The Morgan fingerprint density at radius 2 is 1.73 bits per heavy atom. The number of para-hydroxylation sites is 1. The Hall–Kier alpha value is -2.53. The number of allylic oxidation sites excluding steroid dienone is 1. The summed E-state index contributed by atoms with van der Waals surface area (Å²) >= 11 is 0. The Kier molecular flexibility index (Phi) is 8.30. The lowest BCUT2D eigenvalue weighted by molar-refractivity contribution is -0.945. The summed E-state index contributed by atoms with van der Waals surface area (Å²) in [6.07, 6.45) is 2.08. The molecule has 1 heterocycles. The Morgan fingerprint density at radius 1 is 1.13 bits per heavy atom. The third-order valence-corrected chi connectivity index (χ3v) is 5.33. The molecule has 2 aromatic rings. The van der Waals surface area contributed by atoms with Crippen LogP contribution in [0, 0.1) is 13.8 Å². The average Bonchev–Trinajstić information content (AvgIpc) is 2.65. The Balaban J connectivity index is 0.00000101. The molecule has 0 bridgehead atoms. The molecule has 1 atom stereocenters. The van der Waals surface area contributed by atoms with Crippen LogP contribution >= 0.6 is 0 Å². The highest BCUT2D eigenvalue weighted by atomic mass is 19.3. The third-order valence-electron chi connectivity index (χ3n) is 5.33. The van der Waals surface area contributed by atoms with E-state index in [1.807, 2.05) is 69.3 Å². The van der Waals surface area contributed by atoms with Crippen LogP contribution in [0.5, 0.6) is 0 Å². The number of amides is 1. The van der Waals surface area contributed by atoms with E-state index in [1.165, 1.54) is 0 Å². The predicted octanol–water partition coefficient (Wildman–Crippen LogP) is 5.88. The van der Waals surface area contributed by atoms with Crippen LogP contribution in [-0.4, -0.2) is 35.9 Å². The zero-order valence-corrected chi connectivity index (χ0v) is 18.3. The van der Waals surface area contributed by atoms with Gasteiger partial charge in [-0.25, -0.2) is 8.78 Å². The molecule has 2 aromatic carbocycles. The maximum Gasteiger partial charge on any atom is 0.295 e. The van der Waals surface area contributed by atoms with Crippen LogP contribution in [0.25, 0.3) is 0 Å². The fourth-order valence-electron chi connectivity index (χ4n) is 4.11. The number of benzene rings is 2. The number of hydrogen-bond donors (Lipinski definition) is 1. The van der Waals surface area contributed by atoms with Crippen LogP contribution in [0.2, 0.25) is 0 Å². The molecular weight excluding hydrogens is 382 g/mol. The number of hydrogen-bond acceptors (Lipinski definition) is 1. The molecule has 30 heavy (non-hydrogen) atoms. The fourth-order valence-corrected chi connectivity index (χ4v) is 4.11. The van der Waals surface area contributed by atoms with Gasteiger partial charge in [-0.3, -0.25) is 4.79 Å². The molecule has 0 aromatic heterocycles. The second kappa shape index (κ2) is 10.5. The molecule has 3 rings (SSSR count). The van der Waals surface area contributed by atoms with Crippen LogP contribution in [0.3, 0.4) is 0 Å². The number of nitrogens with zero attached hydrogens (tertiary/aromatic N) is 1. The monoisotopic (exact) mass is 415 g/mol. The van der Waals surface area contributed by atoms with Crippen LogP contribution in [0.15, 0.2) is 61.2 Å². The molecule has 1 aliphatic heterocycles. The minimum atomic E-state index is -2.73. The van der Waals surface area contributed by atoms with Gasteiger partial charge in [0.05, 0.1) is 6.54 Å². The Labute approximate surface area is 179 Å². The lowest BCUT2D eigenvalue weighted by atomic mass is 10.0. The number of alkyl halides is 2. The van der Waals surface area contributed by atoms with Gasteiger partial charge in [0, 0.05) is 24.1 Å². The van der Waals surface area contributed by atoms with Gasteiger partial charge in [0.2, 0.25) is 0 Å². The average molecular weight is 416 g/mol. The highest BCUT2D eigenvalue weighted by Crippen LogP contribution is 2.33. The van der Waals surface area contributed by atoms with Crippen molar-refractivity contribution >= 4 is 11.6 Å². The van der Waals surface area contributed by atoms with E-state index < -0.39 is 5.92 Å². The summed E-state index contributed by atoms with van der Waals surface area (Å²) in [5.74, 6) is -2.94. The number of carbonyl (C=O) groups excluding carboxylic acids is 1. The van der Waals surface area contributed by atoms with Gasteiger partial charge in [-0.1, -0.05) is 54.6 Å². The first-order chi connectivity index (χ1) is 14.2. The summed E-state index contributed by atoms with van der Waals surface area (Å²) in [7, 11) is 0. The molecule has 1 saturated heterocycles. The van der Waals surface area contributed by atoms with Crippen LogP contribution in [0.1, 0.15) is 36.5 Å². The number of halogens is 2. The van der Waals surface area contributed by atoms with E-state index in [0.717, 1.165) is 22.4 Å². The smallest absolute Gasteiger partial charge is 0.295 e. The van der Waals surface area contributed by atoms with E-state index in [2.05, 4.69) is 11.9 Å². The summed E-state index contributed by atoms with van der Waals surface area (Å²) in [6, 6.07) is 15.4. The van der Waals surface area contributed by atoms with Crippen molar-refractivity contribution in [3.8, 4) is 0 Å². The zero-order chi connectivity index (χ0) is 22.2. The fraction of sp³-hybridized carbons (Fsp3) is 0.400. The second-order valence-electron chi connectivity index (χ2n) is 8.21. The van der Waals surface area contributed by atoms with Crippen molar-refractivity contribution in [2.24, 2.45) is 0 Å². The molecular formula is C25H33F2N2O+. The summed E-state index contributed by atoms with van der Waals surface area (Å²) < 4.78 is 28.6. The van der Waals surface area contributed by atoms with Crippen molar-refractivity contribution in [3.05, 3.63) is 77.9 Å². The second-order valence-corrected chi connectivity index (χ2v) is 8.21. The van der Waals surface area contributed by atoms with Crippen LogP contribution < -0.4 is 5.32 Å². The lowest BCUT2D eigenvalue weighted by Gasteiger charge is -2.43. The number of likely N-dealkylation sites (tertiary alicyclic amines) is 1. The number of anilines is 1. The van der Waals surface area contributed by atoms with Crippen molar-refractivity contribution in [2.45, 2.75) is 46.1 Å². The van der Waals surface area contributed by atoms with Gasteiger partial charge in [0.15, 0.2) is 6.54 Å². The van der Waals surface area contributed by atoms with E-state index in [4.69, 9.17) is 0 Å². The maximum absolute atomic E-state index is 14.3. The van der Waals surface area contributed by atoms with Gasteiger partial charge in [-0.15, -0.1) is 6.58 Å². The molecule has 0 radical (unpaired) electrons.